The van der Waals surface area contributed by atoms with Crippen LogP contribution in [-0.4, -0.2) is 28.1 Å². The SMILES string of the molecule is Cc1cc(CN)cc(Oc2cccc(C(=O)NC3(CO)CC3)c2)n1.Cl. The normalized spacial score (nSPS) is 14.4. The van der Waals surface area contributed by atoms with Crippen molar-refractivity contribution in [2.75, 3.05) is 6.61 Å². The fourth-order valence-corrected chi connectivity index (χ4v) is 2.49. The quantitative estimate of drug-likeness (QED) is 0.731. The van der Waals surface area contributed by atoms with E-state index in [1.54, 1.807) is 30.3 Å². The maximum Gasteiger partial charge on any atom is 0.251 e. The number of benzene rings is 1. The molecule has 134 valence electrons. The number of carbonyl (C=O) groups is 1. The molecule has 3 rings (SSSR count). The molecule has 0 radical (unpaired) electrons. The molecule has 1 saturated carbocycles. The average molecular weight is 364 g/mol. The molecule has 7 heteroatoms. The Balaban J connectivity index is 0.00000225. The summed E-state index contributed by atoms with van der Waals surface area (Å²) in [5, 5.41) is 12.2. The maximum absolute atomic E-state index is 12.3. The molecule has 1 aliphatic rings. The van der Waals surface area contributed by atoms with Gasteiger partial charge in [-0.3, -0.25) is 4.79 Å². The van der Waals surface area contributed by atoms with Crippen LogP contribution < -0.4 is 15.8 Å². The number of aryl methyl sites for hydroxylation is 1. The van der Waals surface area contributed by atoms with E-state index in [2.05, 4.69) is 10.3 Å². The van der Waals surface area contributed by atoms with Gasteiger partial charge in [-0.05, 0) is 49.6 Å². The second-order valence-electron chi connectivity index (χ2n) is 6.18. The number of rotatable bonds is 6. The number of aliphatic hydroxyl groups excluding tert-OH is 1. The lowest BCUT2D eigenvalue weighted by Gasteiger charge is -2.14. The van der Waals surface area contributed by atoms with Gasteiger partial charge in [-0.2, -0.15) is 0 Å². The molecule has 1 heterocycles. The Morgan fingerprint density at radius 3 is 2.76 bits per heavy atom. The van der Waals surface area contributed by atoms with Crippen LogP contribution in [0.3, 0.4) is 0 Å². The number of hydrogen-bond donors (Lipinski definition) is 3. The van der Waals surface area contributed by atoms with E-state index in [1.807, 2.05) is 13.0 Å². The van der Waals surface area contributed by atoms with Gasteiger partial charge >= 0.3 is 0 Å². The summed E-state index contributed by atoms with van der Waals surface area (Å²) in [4.78, 5) is 16.6. The van der Waals surface area contributed by atoms with Gasteiger partial charge in [0.25, 0.3) is 5.91 Å². The summed E-state index contributed by atoms with van der Waals surface area (Å²) < 4.78 is 5.77. The van der Waals surface area contributed by atoms with Gasteiger partial charge in [0, 0.05) is 23.9 Å². The topological polar surface area (TPSA) is 97.5 Å². The monoisotopic (exact) mass is 363 g/mol. The number of hydrogen-bond acceptors (Lipinski definition) is 5. The molecule has 0 unspecified atom stereocenters. The van der Waals surface area contributed by atoms with E-state index in [-0.39, 0.29) is 24.9 Å². The molecule has 0 bridgehead atoms. The lowest BCUT2D eigenvalue weighted by atomic mass is 10.1. The lowest BCUT2D eigenvalue weighted by molar-refractivity contribution is 0.0906. The molecule has 1 amide bonds. The van der Waals surface area contributed by atoms with Crippen LogP contribution in [0.15, 0.2) is 36.4 Å². The van der Waals surface area contributed by atoms with Gasteiger partial charge < -0.3 is 20.9 Å². The van der Waals surface area contributed by atoms with E-state index in [4.69, 9.17) is 10.5 Å². The molecule has 6 nitrogen and oxygen atoms in total. The highest BCUT2D eigenvalue weighted by molar-refractivity contribution is 5.95. The molecule has 25 heavy (non-hydrogen) atoms. The van der Waals surface area contributed by atoms with Crippen LogP contribution in [0, 0.1) is 6.92 Å². The Hall–Kier alpha value is -2.15. The zero-order chi connectivity index (χ0) is 17.2. The third-order valence-corrected chi connectivity index (χ3v) is 4.08. The minimum Gasteiger partial charge on any atom is -0.439 e. The molecule has 1 aromatic heterocycles. The number of nitrogens with one attached hydrogen (secondary N) is 1. The Morgan fingerprint density at radius 2 is 2.12 bits per heavy atom. The van der Waals surface area contributed by atoms with Crippen molar-refractivity contribution in [2.45, 2.75) is 31.8 Å². The van der Waals surface area contributed by atoms with Crippen molar-refractivity contribution in [1.82, 2.24) is 10.3 Å². The van der Waals surface area contributed by atoms with Gasteiger partial charge in [0.15, 0.2) is 0 Å². The van der Waals surface area contributed by atoms with Crippen LogP contribution in [0.1, 0.15) is 34.5 Å². The lowest BCUT2D eigenvalue weighted by Crippen LogP contribution is -2.39. The fraction of sp³-hybridized carbons (Fsp3) is 0.333. The van der Waals surface area contributed by atoms with Gasteiger partial charge in [-0.25, -0.2) is 4.98 Å². The largest absolute Gasteiger partial charge is 0.439 e. The van der Waals surface area contributed by atoms with Crippen molar-refractivity contribution in [2.24, 2.45) is 5.73 Å². The molecule has 0 atom stereocenters. The highest BCUT2D eigenvalue weighted by atomic mass is 35.5. The number of nitrogens with two attached hydrogens (primary N) is 1. The van der Waals surface area contributed by atoms with E-state index in [0.29, 0.717) is 23.7 Å². The highest BCUT2D eigenvalue weighted by Crippen LogP contribution is 2.35. The van der Waals surface area contributed by atoms with Gasteiger partial charge in [-0.1, -0.05) is 6.07 Å². The van der Waals surface area contributed by atoms with Crippen LogP contribution in [0.4, 0.5) is 0 Å². The predicted molar refractivity (Wildman–Crippen MR) is 97.1 cm³/mol. The van der Waals surface area contributed by atoms with Crippen LogP contribution in [-0.2, 0) is 6.54 Å². The summed E-state index contributed by atoms with van der Waals surface area (Å²) in [6, 6.07) is 10.6. The Bertz CT molecular complexity index is 763. The minimum atomic E-state index is -0.442. The van der Waals surface area contributed by atoms with Crippen molar-refractivity contribution >= 4 is 18.3 Å². The van der Waals surface area contributed by atoms with Crippen LogP contribution in [0.2, 0.25) is 0 Å². The summed E-state index contributed by atoms with van der Waals surface area (Å²) in [7, 11) is 0. The number of nitrogens with zero attached hydrogens (tertiary/aromatic N) is 1. The number of ether oxygens (including phenoxy) is 1. The van der Waals surface area contributed by atoms with Crippen LogP contribution in [0.25, 0.3) is 0 Å². The first kappa shape index (κ1) is 19.2. The molecule has 1 aromatic carbocycles. The van der Waals surface area contributed by atoms with Crippen LogP contribution in [0.5, 0.6) is 11.6 Å². The molecule has 0 aliphatic heterocycles. The Labute approximate surface area is 152 Å². The van der Waals surface area contributed by atoms with Gasteiger partial charge in [-0.15, -0.1) is 12.4 Å². The smallest absolute Gasteiger partial charge is 0.251 e. The molecule has 2 aromatic rings. The first-order chi connectivity index (χ1) is 11.5. The number of pyridine rings is 1. The van der Waals surface area contributed by atoms with E-state index in [1.165, 1.54) is 0 Å². The van der Waals surface area contributed by atoms with E-state index in [0.717, 1.165) is 24.1 Å². The molecule has 0 saturated heterocycles. The molecule has 0 spiro atoms. The number of halogens is 1. The second kappa shape index (κ2) is 7.82. The second-order valence-corrected chi connectivity index (χ2v) is 6.18. The molecule has 4 N–H and O–H groups in total. The zero-order valence-corrected chi connectivity index (χ0v) is 14.8. The van der Waals surface area contributed by atoms with E-state index < -0.39 is 5.54 Å². The summed E-state index contributed by atoms with van der Waals surface area (Å²) in [6.45, 7) is 2.25. The number of aliphatic hydroxyl groups is 1. The van der Waals surface area contributed by atoms with E-state index >= 15 is 0 Å². The first-order valence-corrected chi connectivity index (χ1v) is 7.92. The van der Waals surface area contributed by atoms with Gasteiger partial charge in [0.2, 0.25) is 5.88 Å². The summed E-state index contributed by atoms with van der Waals surface area (Å²) in [6.07, 6.45) is 1.61. The molecule has 1 fully saturated rings. The minimum absolute atomic E-state index is 0. The van der Waals surface area contributed by atoms with Gasteiger partial charge in [0.1, 0.15) is 5.75 Å². The molecular weight excluding hydrogens is 342 g/mol. The Morgan fingerprint density at radius 1 is 1.36 bits per heavy atom. The number of aromatic nitrogens is 1. The van der Waals surface area contributed by atoms with Gasteiger partial charge in [0.05, 0.1) is 12.1 Å². The highest BCUT2D eigenvalue weighted by Gasteiger charge is 2.43. The number of carbonyl (C=O) groups excluding carboxylic acids is 1. The number of amides is 1. The standard InChI is InChI=1S/C18H21N3O3.ClH/c1-12-7-13(10-19)8-16(20-12)24-15-4-2-3-14(9-15)17(23)21-18(11-22)5-6-18;/h2-4,7-9,22H,5-6,10-11,19H2,1H3,(H,21,23);1H. The van der Waals surface area contributed by atoms with Crippen molar-refractivity contribution in [3.8, 4) is 11.6 Å². The summed E-state index contributed by atoms with van der Waals surface area (Å²) in [5.74, 6) is 0.756. The first-order valence-electron chi connectivity index (χ1n) is 7.92. The van der Waals surface area contributed by atoms with Crippen molar-refractivity contribution < 1.29 is 14.6 Å². The molecular formula is C18H22ClN3O3. The van der Waals surface area contributed by atoms with Crippen molar-refractivity contribution in [3.63, 3.8) is 0 Å². The zero-order valence-electron chi connectivity index (χ0n) is 14.0. The predicted octanol–water partition coefficient (Wildman–Crippen LogP) is 2.32. The third kappa shape index (κ3) is 4.69. The average Bonchev–Trinajstić information content (AvgIpc) is 3.34. The molecule has 1 aliphatic carbocycles. The maximum atomic E-state index is 12.3. The van der Waals surface area contributed by atoms with E-state index in [9.17, 15) is 9.90 Å². The summed E-state index contributed by atoms with van der Waals surface area (Å²) in [5.41, 5.74) is 7.46. The van der Waals surface area contributed by atoms with Crippen molar-refractivity contribution in [3.05, 3.63) is 53.2 Å². The summed E-state index contributed by atoms with van der Waals surface area (Å²) >= 11 is 0. The Kier molecular flexibility index (Phi) is 6.00. The van der Waals surface area contributed by atoms with Crippen molar-refractivity contribution in [1.29, 1.82) is 0 Å². The third-order valence-electron chi connectivity index (χ3n) is 4.08. The fourth-order valence-electron chi connectivity index (χ4n) is 2.49. The van der Waals surface area contributed by atoms with Crippen LogP contribution >= 0.6 is 12.4 Å².